The maximum absolute atomic E-state index is 12.2. The second-order valence-electron chi connectivity index (χ2n) is 4.87. The molecule has 0 saturated carbocycles. The van der Waals surface area contributed by atoms with Gasteiger partial charge in [-0.2, -0.15) is 0 Å². The lowest BCUT2D eigenvalue weighted by molar-refractivity contribution is -0.134. The van der Waals surface area contributed by atoms with Crippen molar-refractivity contribution in [3.63, 3.8) is 0 Å². The normalized spacial score (nSPS) is 24.6. The Bertz CT molecular complexity index is 435. The molecule has 2 atom stereocenters. The number of nitrogens with zero attached hydrogens (tertiary/aromatic N) is 2. The Morgan fingerprint density at radius 3 is 3.05 bits per heavy atom. The number of ether oxygens (including phenoxy) is 1. The Morgan fingerprint density at radius 1 is 1.63 bits per heavy atom. The van der Waals surface area contributed by atoms with Crippen LogP contribution in [0.1, 0.15) is 36.0 Å². The van der Waals surface area contributed by atoms with E-state index in [4.69, 9.17) is 10.5 Å². The SMILES string of the molecule is COCCN1C(=O)CCCC(N)C1c1csc(C)n1. The van der Waals surface area contributed by atoms with Gasteiger partial charge in [-0.1, -0.05) is 0 Å². The molecule has 5 nitrogen and oxygen atoms in total. The van der Waals surface area contributed by atoms with Crippen LogP contribution in [0.25, 0.3) is 0 Å². The van der Waals surface area contributed by atoms with Crippen LogP contribution in [0.15, 0.2) is 5.38 Å². The van der Waals surface area contributed by atoms with Gasteiger partial charge in [0.05, 0.1) is 23.4 Å². The summed E-state index contributed by atoms with van der Waals surface area (Å²) < 4.78 is 5.11. The minimum Gasteiger partial charge on any atom is -0.383 e. The quantitative estimate of drug-likeness (QED) is 0.908. The number of carbonyl (C=O) groups excluding carboxylic acids is 1. The molecule has 2 unspecified atom stereocenters. The van der Waals surface area contributed by atoms with Crippen molar-refractivity contribution >= 4 is 17.2 Å². The van der Waals surface area contributed by atoms with Crippen molar-refractivity contribution in [2.24, 2.45) is 5.73 Å². The van der Waals surface area contributed by atoms with Gasteiger partial charge in [0.25, 0.3) is 0 Å². The standard InChI is InChI=1S/C13H21N3O2S/c1-9-15-11(8-19-9)13-10(14)4-3-5-12(17)16(13)6-7-18-2/h8,10,13H,3-7,14H2,1-2H3. The highest BCUT2D eigenvalue weighted by atomic mass is 32.1. The molecular formula is C13H21N3O2S. The molecule has 1 fully saturated rings. The molecule has 2 N–H and O–H groups in total. The number of likely N-dealkylation sites (tertiary alicyclic amines) is 1. The molecule has 1 saturated heterocycles. The van der Waals surface area contributed by atoms with Crippen LogP contribution in [0.2, 0.25) is 0 Å². The van der Waals surface area contributed by atoms with E-state index in [0.717, 1.165) is 23.5 Å². The first kappa shape index (κ1) is 14.4. The summed E-state index contributed by atoms with van der Waals surface area (Å²) in [7, 11) is 1.64. The fourth-order valence-electron chi connectivity index (χ4n) is 2.53. The van der Waals surface area contributed by atoms with Crippen molar-refractivity contribution in [3.8, 4) is 0 Å². The summed E-state index contributed by atoms with van der Waals surface area (Å²) in [4.78, 5) is 18.6. The van der Waals surface area contributed by atoms with E-state index in [1.165, 1.54) is 0 Å². The highest BCUT2D eigenvalue weighted by Gasteiger charge is 2.33. The van der Waals surface area contributed by atoms with Crippen molar-refractivity contribution in [1.29, 1.82) is 0 Å². The van der Waals surface area contributed by atoms with E-state index >= 15 is 0 Å². The van der Waals surface area contributed by atoms with E-state index in [1.807, 2.05) is 17.2 Å². The van der Waals surface area contributed by atoms with Gasteiger partial charge in [-0.05, 0) is 19.8 Å². The zero-order valence-corrected chi connectivity index (χ0v) is 12.3. The van der Waals surface area contributed by atoms with Gasteiger partial charge in [0.2, 0.25) is 5.91 Å². The molecular weight excluding hydrogens is 262 g/mol. The number of thiazole rings is 1. The molecule has 1 aromatic rings. The zero-order chi connectivity index (χ0) is 13.8. The molecule has 6 heteroatoms. The number of methoxy groups -OCH3 is 1. The lowest BCUT2D eigenvalue weighted by Gasteiger charge is -2.32. The Morgan fingerprint density at radius 2 is 2.42 bits per heavy atom. The molecule has 2 heterocycles. The van der Waals surface area contributed by atoms with Crippen LogP contribution in [0.5, 0.6) is 0 Å². The average molecular weight is 283 g/mol. The van der Waals surface area contributed by atoms with Gasteiger partial charge < -0.3 is 15.4 Å². The van der Waals surface area contributed by atoms with Gasteiger partial charge >= 0.3 is 0 Å². The van der Waals surface area contributed by atoms with Crippen LogP contribution in [0.4, 0.5) is 0 Å². The molecule has 1 aliphatic rings. The second kappa shape index (κ2) is 6.45. The van der Waals surface area contributed by atoms with Crippen molar-refractivity contribution < 1.29 is 9.53 Å². The van der Waals surface area contributed by atoms with Gasteiger partial charge in [-0.15, -0.1) is 11.3 Å². The third-order valence-corrected chi connectivity index (χ3v) is 4.26. The number of amides is 1. The molecule has 19 heavy (non-hydrogen) atoms. The number of hydrogen-bond donors (Lipinski definition) is 1. The molecule has 106 valence electrons. The molecule has 0 aliphatic carbocycles. The fraction of sp³-hybridized carbons (Fsp3) is 0.692. The first-order valence-corrected chi connectivity index (χ1v) is 7.47. The summed E-state index contributed by atoms with van der Waals surface area (Å²) >= 11 is 1.60. The van der Waals surface area contributed by atoms with Crippen molar-refractivity contribution in [1.82, 2.24) is 9.88 Å². The second-order valence-corrected chi connectivity index (χ2v) is 5.93. The van der Waals surface area contributed by atoms with Crippen LogP contribution >= 0.6 is 11.3 Å². The number of nitrogens with two attached hydrogens (primary N) is 1. The minimum atomic E-state index is -0.116. The number of rotatable bonds is 4. The summed E-state index contributed by atoms with van der Waals surface area (Å²) in [5.74, 6) is 0.153. The largest absolute Gasteiger partial charge is 0.383 e. The predicted octanol–water partition coefficient (Wildman–Crippen LogP) is 1.48. The molecule has 0 bridgehead atoms. The average Bonchev–Trinajstić information content (AvgIpc) is 2.74. The third kappa shape index (κ3) is 3.32. The predicted molar refractivity (Wildman–Crippen MR) is 75.0 cm³/mol. The van der Waals surface area contributed by atoms with E-state index in [1.54, 1.807) is 18.4 Å². The first-order chi connectivity index (χ1) is 9.13. The topological polar surface area (TPSA) is 68.5 Å². The lowest BCUT2D eigenvalue weighted by atomic mass is 10.0. The monoisotopic (exact) mass is 283 g/mol. The van der Waals surface area contributed by atoms with Gasteiger partial charge in [0.15, 0.2) is 0 Å². The highest BCUT2D eigenvalue weighted by molar-refractivity contribution is 7.09. The van der Waals surface area contributed by atoms with Crippen LogP contribution < -0.4 is 5.73 Å². The Balaban J connectivity index is 2.27. The van der Waals surface area contributed by atoms with Crippen LogP contribution in [-0.2, 0) is 9.53 Å². The first-order valence-electron chi connectivity index (χ1n) is 6.59. The number of aryl methyl sites for hydroxylation is 1. The van der Waals surface area contributed by atoms with E-state index in [9.17, 15) is 4.79 Å². The molecule has 0 spiro atoms. The summed E-state index contributed by atoms with van der Waals surface area (Å²) in [6.45, 7) is 3.07. The minimum absolute atomic E-state index is 0.0511. The number of hydrogen-bond acceptors (Lipinski definition) is 5. The smallest absolute Gasteiger partial charge is 0.223 e. The number of aromatic nitrogens is 1. The van der Waals surface area contributed by atoms with Crippen molar-refractivity contribution in [2.45, 2.75) is 38.3 Å². The van der Waals surface area contributed by atoms with Gasteiger partial charge in [0.1, 0.15) is 0 Å². The van der Waals surface area contributed by atoms with Crippen molar-refractivity contribution in [3.05, 3.63) is 16.1 Å². The summed E-state index contributed by atoms with van der Waals surface area (Å²) in [5.41, 5.74) is 7.19. The van der Waals surface area contributed by atoms with Crippen LogP contribution in [0.3, 0.4) is 0 Å². The Hall–Kier alpha value is -0.980. The van der Waals surface area contributed by atoms with E-state index < -0.39 is 0 Å². The molecule has 0 aromatic carbocycles. The van der Waals surface area contributed by atoms with Gasteiger partial charge in [-0.25, -0.2) is 4.98 Å². The molecule has 2 rings (SSSR count). The zero-order valence-electron chi connectivity index (χ0n) is 11.5. The molecule has 1 amide bonds. The number of carbonyl (C=O) groups is 1. The van der Waals surface area contributed by atoms with Crippen LogP contribution in [-0.4, -0.2) is 42.1 Å². The molecule has 0 radical (unpaired) electrons. The maximum Gasteiger partial charge on any atom is 0.223 e. The van der Waals surface area contributed by atoms with Crippen LogP contribution in [0, 0.1) is 6.92 Å². The van der Waals surface area contributed by atoms with Crippen molar-refractivity contribution in [2.75, 3.05) is 20.3 Å². The van der Waals surface area contributed by atoms with Gasteiger partial charge in [-0.3, -0.25) is 4.79 Å². The summed E-state index contributed by atoms with van der Waals surface area (Å²) in [6.07, 6.45) is 2.27. The Kier molecular flexibility index (Phi) is 4.90. The highest BCUT2D eigenvalue weighted by Crippen LogP contribution is 2.30. The van der Waals surface area contributed by atoms with E-state index in [2.05, 4.69) is 4.98 Å². The van der Waals surface area contributed by atoms with E-state index in [-0.39, 0.29) is 18.0 Å². The Labute approximate surface area is 117 Å². The molecule has 1 aliphatic heterocycles. The van der Waals surface area contributed by atoms with Gasteiger partial charge in [0, 0.05) is 31.5 Å². The third-order valence-electron chi connectivity index (χ3n) is 3.47. The fourth-order valence-corrected chi connectivity index (χ4v) is 3.17. The summed E-state index contributed by atoms with van der Waals surface area (Å²) in [6, 6.07) is -0.167. The summed E-state index contributed by atoms with van der Waals surface area (Å²) in [5, 5.41) is 3.02. The lowest BCUT2D eigenvalue weighted by Crippen LogP contribution is -2.43. The maximum atomic E-state index is 12.2. The molecule has 1 aromatic heterocycles. The van der Waals surface area contributed by atoms with E-state index in [0.29, 0.717) is 19.6 Å².